The van der Waals surface area contributed by atoms with Gasteiger partial charge in [-0.25, -0.2) is 0 Å². The molecule has 0 unspecified atom stereocenters. The number of rotatable bonds is 0. The van der Waals surface area contributed by atoms with Crippen molar-refractivity contribution in [2.24, 2.45) is 0 Å². The molecule has 0 atom stereocenters. The maximum atomic E-state index is 4.76. The Bertz CT molecular complexity index is 59.1. The Balaban J connectivity index is 0.000000222. The van der Waals surface area contributed by atoms with Gasteiger partial charge in [-0.3, -0.25) is 6.26 Å². The van der Waals surface area contributed by atoms with Crippen LogP contribution in [0.25, 0.3) is 0 Å². The third kappa shape index (κ3) is 4.41. The van der Waals surface area contributed by atoms with Crippen LogP contribution in [0.5, 0.6) is 0 Å². The monoisotopic (exact) mass is 184 g/mol. The van der Waals surface area contributed by atoms with Gasteiger partial charge in [-0.2, -0.15) is 0 Å². The second-order valence-electron chi connectivity index (χ2n) is 0.955. The van der Waals surface area contributed by atoms with Crippen molar-refractivity contribution in [1.29, 1.82) is 0 Å². The zero-order valence-corrected chi connectivity index (χ0v) is 8.12. The minimum atomic E-state index is 0.635. The third-order valence-corrected chi connectivity index (χ3v) is 0.518. The zero-order valence-electron chi connectivity index (χ0n) is 4.39. The van der Waals surface area contributed by atoms with Crippen LogP contribution in [0.15, 0.2) is 6.26 Å². The van der Waals surface area contributed by atoms with Crippen molar-refractivity contribution in [2.75, 3.05) is 13.2 Å². The van der Waals surface area contributed by atoms with Crippen molar-refractivity contribution in [2.45, 2.75) is 0 Å². The summed E-state index contributed by atoms with van der Waals surface area (Å²) in [4.78, 5) is 0. The molecule has 0 amide bonds. The number of hydrogen-bond acceptors (Lipinski definition) is 2. The van der Waals surface area contributed by atoms with E-state index in [0.29, 0.717) is 13.2 Å². The molecule has 0 saturated carbocycles. The van der Waals surface area contributed by atoms with E-state index in [1.54, 1.807) is 0 Å². The third-order valence-electron chi connectivity index (χ3n) is 0.518. The van der Waals surface area contributed by atoms with Gasteiger partial charge < -0.3 is 9.47 Å². The van der Waals surface area contributed by atoms with Gasteiger partial charge in [-0.05, 0) is 0 Å². The van der Waals surface area contributed by atoms with E-state index in [0.717, 1.165) is 17.3 Å². The molecule has 4 heteroatoms. The standard InChI is InChI=1S/C4H5O2.ClH.Zn/c1-2-6-4-3-5-1;;/h1H,3-4H2;1H;/q-1;;+2/p-1. The van der Waals surface area contributed by atoms with Crippen LogP contribution in [0.3, 0.4) is 0 Å². The average Bonchev–Trinajstić information content (AvgIpc) is 1.96. The predicted octanol–water partition coefficient (Wildman–Crippen LogP) is 0.995. The van der Waals surface area contributed by atoms with Crippen LogP contribution in [0.1, 0.15) is 0 Å². The summed E-state index contributed by atoms with van der Waals surface area (Å²) in [7, 11) is 4.76. The van der Waals surface area contributed by atoms with E-state index in [1.807, 2.05) is 0 Å². The van der Waals surface area contributed by atoms with Crippen LogP contribution in [-0.4, -0.2) is 13.2 Å². The first-order chi connectivity index (χ1) is 4.00. The molecule has 0 bridgehead atoms. The number of halogens is 1. The Morgan fingerprint density at radius 3 is 2.38 bits per heavy atom. The van der Waals surface area contributed by atoms with Crippen LogP contribution in [0.4, 0.5) is 0 Å². The Labute approximate surface area is 62.5 Å². The van der Waals surface area contributed by atoms with Gasteiger partial charge in [0.2, 0.25) is 0 Å². The van der Waals surface area contributed by atoms with Gasteiger partial charge in [-0.1, -0.05) is 6.26 Å². The molecule has 0 spiro atoms. The second kappa shape index (κ2) is 7.25. The maximum absolute atomic E-state index is 4.76. The zero-order chi connectivity index (χ0) is 6.24. The van der Waals surface area contributed by atoms with E-state index in [4.69, 9.17) is 14.4 Å². The molecule has 0 fully saturated rings. The Morgan fingerprint density at radius 2 is 2.25 bits per heavy atom. The second-order valence-corrected chi connectivity index (χ2v) is 0.955. The molecule has 0 aliphatic carbocycles. The summed E-state index contributed by atoms with van der Waals surface area (Å²) in [5.74, 6) is 0. The van der Waals surface area contributed by atoms with Gasteiger partial charge in [0.15, 0.2) is 0 Å². The van der Waals surface area contributed by atoms with Crippen molar-refractivity contribution in [3.63, 3.8) is 0 Å². The summed E-state index contributed by atoms with van der Waals surface area (Å²) in [6.45, 7) is 1.30. The molecule has 0 N–H and O–H groups in total. The van der Waals surface area contributed by atoms with Crippen LogP contribution in [0, 0.1) is 6.26 Å². The summed E-state index contributed by atoms with van der Waals surface area (Å²) < 4.78 is 9.35. The molecular formula is C4H5ClO2Zn. The van der Waals surface area contributed by atoms with Gasteiger partial charge in [0.1, 0.15) is 6.61 Å². The molecular weight excluding hydrogens is 181 g/mol. The van der Waals surface area contributed by atoms with Gasteiger partial charge in [0, 0.05) is 0 Å². The summed E-state index contributed by atoms with van der Waals surface area (Å²) in [6.07, 6.45) is 3.86. The fourth-order valence-electron chi connectivity index (χ4n) is 0.276. The van der Waals surface area contributed by atoms with Crippen LogP contribution < -0.4 is 0 Å². The fraction of sp³-hybridized carbons (Fsp3) is 0.500. The molecule has 1 aliphatic rings. The van der Waals surface area contributed by atoms with Crippen molar-refractivity contribution in [3.8, 4) is 0 Å². The van der Waals surface area contributed by atoms with Gasteiger partial charge in [0.05, 0.1) is 6.61 Å². The number of ether oxygens (including phenoxy) is 2. The van der Waals surface area contributed by atoms with Crippen LogP contribution in [0.2, 0.25) is 0 Å². The SMILES string of the molecule is [C-]1=COCCO1.[Cl][Zn+]. The first kappa shape index (κ1) is 8.25. The van der Waals surface area contributed by atoms with Crippen molar-refractivity contribution >= 4 is 9.69 Å². The first-order valence-corrected chi connectivity index (χ1v) is 5.97. The fourth-order valence-corrected chi connectivity index (χ4v) is 0.276. The average molecular weight is 186 g/mol. The predicted molar refractivity (Wildman–Crippen MR) is 25.6 cm³/mol. The molecule has 0 saturated heterocycles. The Hall–Kier alpha value is 0.253. The van der Waals surface area contributed by atoms with E-state index in [-0.39, 0.29) is 0 Å². The van der Waals surface area contributed by atoms with Gasteiger partial charge >= 0.3 is 27.0 Å². The molecule has 1 aliphatic heterocycles. The van der Waals surface area contributed by atoms with Gasteiger partial charge in [0.25, 0.3) is 0 Å². The molecule has 0 aromatic carbocycles. The summed E-state index contributed by atoms with van der Waals surface area (Å²) in [5.41, 5.74) is 0. The Kier molecular flexibility index (Phi) is 7.48. The van der Waals surface area contributed by atoms with E-state index in [9.17, 15) is 0 Å². The van der Waals surface area contributed by atoms with Crippen molar-refractivity contribution in [3.05, 3.63) is 12.5 Å². The molecule has 0 radical (unpaired) electrons. The molecule has 2 nitrogen and oxygen atoms in total. The summed E-state index contributed by atoms with van der Waals surface area (Å²) >= 11 is 0.847. The topological polar surface area (TPSA) is 18.5 Å². The summed E-state index contributed by atoms with van der Waals surface area (Å²) in [6, 6.07) is 0. The van der Waals surface area contributed by atoms with Crippen molar-refractivity contribution < 1.29 is 26.8 Å². The first-order valence-electron chi connectivity index (χ1n) is 2.07. The van der Waals surface area contributed by atoms with E-state index in [2.05, 4.69) is 11.0 Å². The normalized spacial score (nSPS) is 14.9. The van der Waals surface area contributed by atoms with E-state index < -0.39 is 0 Å². The molecule has 1 rings (SSSR count). The molecule has 0 aromatic rings. The quantitative estimate of drug-likeness (QED) is 0.414. The van der Waals surface area contributed by atoms with Crippen molar-refractivity contribution in [1.82, 2.24) is 0 Å². The number of hydrogen-bond donors (Lipinski definition) is 0. The van der Waals surface area contributed by atoms with Crippen LogP contribution >= 0.6 is 9.69 Å². The molecule has 1 heterocycles. The molecule has 42 valence electrons. The summed E-state index contributed by atoms with van der Waals surface area (Å²) in [5, 5.41) is 0. The van der Waals surface area contributed by atoms with Gasteiger partial charge in [-0.15, -0.1) is 0 Å². The van der Waals surface area contributed by atoms with E-state index >= 15 is 0 Å². The Morgan fingerprint density at radius 1 is 1.50 bits per heavy atom. The minimum absolute atomic E-state index is 0.635. The molecule has 8 heavy (non-hydrogen) atoms. The molecule has 0 aromatic heterocycles. The van der Waals surface area contributed by atoms with Crippen LogP contribution in [-0.2, 0) is 26.8 Å². The van der Waals surface area contributed by atoms with E-state index in [1.165, 1.54) is 6.26 Å².